The molecule has 0 radical (unpaired) electrons. The van der Waals surface area contributed by atoms with Crippen molar-refractivity contribution >= 4 is 18.6 Å². The monoisotopic (exact) mass is 199 g/mol. The normalized spacial score (nSPS) is 10.6. The molecule has 1 aromatic carbocycles. The van der Waals surface area contributed by atoms with E-state index in [-0.39, 0.29) is 5.30 Å². The Hall–Kier alpha value is -1.32. The number of azide groups is 1. The molecule has 0 aliphatic carbocycles. The second-order valence-electron chi connectivity index (χ2n) is 2.25. The van der Waals surface area contributed by atoms with Crippen molar-refractivity contribution in [3.63, 3.8) is 0 Å². The fourth-order valence-corrected chi connectivity index (χ4v) is 1.30. The van der Waals surface area contributed by atoms with Crippen LogP contribution in [0.25, 0.3) is 10.4 Å². The molecule has 6 nitrogen and oxygen atoms in total. The summed E-state index contributed by atoms with van der Waals surface area (Å²) in [4.78, 5) is 20.0. The third-order valence-electron chi connectivity index (χ3n) is 1.35. The number of hydrogen-bond donors (Lipinski definition) is 2. The molecule has 1 rings (SSSR count). The lowest BCUT2D eigenvalue weighted by atomic mass is 10.3. The standard InChI is InChI=1S/C6H6N3O3P/c7-9-8-5-1-3-6(4-2-5)13(10,11)12/h1-4H,(H2,10,11,12). The molecular weight excluding hydrogens is 193 g/mol. The molecule has 2 N–H and O–H groups in total. The molecule has 0 unspecified atom stereocenters. The van der Waals surface area contributed by atoms with Gasteiger partial charge in [-0.1, -0.05) is 17.2 Å². The molecule has 13 heavy (non-hydrogen) atoms. The summed E-state index contributed by atoms with van der Waals surface area (Å²) in [5, 5.41) is 3.16. The van der Waals surface area contributed by atoms with Gasteiger partial charge in [-0.3, -0.25) is 4.57 Å². The zero-order valence-electron chi connectivity index (χ0n) is 6.40. The second-order valence-corrected chi connectivity index (χ2v) is 3.85. The Morgan fingerprint density at radius 3 is 2.23 bits per heavy atom. The zero-order valence-corrected chi connectivity index (χ0v) is 7.30. The Morgan fingerprint density at radius 1 is 1.31 bits per heavy atom. The van der Waals surface area contributed by atoms with Gasteiger partial charge in [0.25, 0.3) is 0 Å². The van der Waals surface area contributed by atoms with Gasteiger partial charge < -0.3 is 9.79 Å². The first-order chi connectivity index (χ1) is 6.04. The van der Waals surface area contributed by atoms with Gasteiger partial charge in [0.05, 0.1) is 5.30 Å². The van der Waals surface area contributed by atoms with Crippen LogP contribution in [-0.4, -0.2) is 9.79 Å². The summed E-state index contributed by atoms with van der Waals surface area (Å²) in [6.07, 6.45) is 0. The highest BCUT2D eigenvalue weighted by Crippen LogP contribution is 2.33. The van der Waals surface area contributed by atoms with E-state index in [9.17, 15) is 4.57 Å². The molecule has 0 amide bonds. The Labute approximate surface area is 73.6 Å². The Bertz CT molecular complexity index is 390. The Balaban J connectivity index is 3.07. The van der Waals surface area contributed by atoms with Gasteiger partial charge in [0.1, 0.15) is 0 Å². The highest BCUT2D eigenvalue weighted by Gasteiger charge is 2.15. The van der Waals surface area contributed by atoms with Crippen LogP contribution in [0.15, 0.2) is 29.4 Å². The smallest absolute Gasteiger partial charge is 0.321 e. The first kappa shape index (κ1) is 9.77. The van der Waals surface area contributed by atoms with Gasteiger partial charge in [0.15, 0.2) is 0 Å². The van der Waals surface area contributed by atoms with E-state index in [2.05, 4.69) is 10.0 Å². The van der Waals surface area contributed by atoms with Crippen LogP contribution in [0.1, 0.15) is 0 Å². The van der Waals surface area contributed by atoms with Gasteiger partial charge >= 0.3 is 7.60 Å². The van der Waals surface area contributed by atoms with Gasteiger partial charge in [-0.15, -0.1) is 0 Å². The molecule has 0 bridgehead atoms. The van der Waals surface area contributed by atoms with E-state index >= 15 is 0 Å². The molecule has 68 valence electrons. The molecule has 0 atom stereocenters. The summed E-state index contributed by atoms with van der Waals surface area (Å²) < 4.78 is 10.7. The quantitative estimate of drug-likeness (QED) is 0.325. The molecule has 0 aliphatic heterocycles. The molecule has 0 aliphatic rings. The fourth-order valence-electron chi connectivity index (χ4n) is 0.765. The summed E-state index contributed by atoms with van der Waals surface area (Å²) in [5.74, 6) is 0. The van der Waals surface area contributed by atoms with E-state index in [0.29, 0.717) is 5.69 Å². The van der Waals surface area contributed by atoms with E-state index in [1.54, 1.807) is 0 Å². The minimum Gasteiger partial charge on any atom is -0.321 e. The maximum absolute atomic E-state index is 10.7. The van der Waals surface area contributed by atoms with Crippen molar-refractivity contribution in [2.75, 3.05) is 0 Å². The van der Waals surface area contributed by atoms with Crippen molar-refractivity contribution in [2.24, 2.45) is 5.11 Å². The molecule has 0 heterocycles. The largest absolute Gasteiger partial charge is 0.356 e. The van der Waals surface area contributed by atoms with Crippen LogP contribution in [0.3, 0.4) is 0 Å². The predicted molar refractivity (Wildman–Crippen MR) is 46.9 cm³/mol. The molecule has 0 saturated heterocycles. The van der Waals surface area contributed by atoms with Crippen molar-refractivity contribution in [3.8, 4) is 0 Å². The van der Waals surface area contributed by atoms with Crippen LogP contribution in [0, 0.1) is 0 Å². The molecule has 0 fully saturated rings. The Morgan fingerprint density at radius 2 is 1.85 bits per heavy atom. The maximum atomic E-state index is 10.7. The fraction of sp³-hybridized carbons (Fsp3) is 0. The van der Waals surface area contributed by atoms with E-state index in [0.717, 1.165) is 0 Å². The summed E-state index contributed by atoms with van der Waals surface area (Å²) in [6, 6.07) is 5.14. The van der Waals surface area contributed by atoms with Crippen molar-refractivity contribution < 1.29 is 14.4 Å². The maximum Gasteiger partial charge on any atom is 0.356 e. The second kappa shape index (κ2) is 3.60. The van der Waals surface area contributed by atoms with Gasteiger partial charge in [0.2, 0.25) is 0 Å². The van der Waals surface area contributed by atoms with Crippen LogP contribution in [0.4, 0.5) is 5.69 Å². The summed E-state index contributed by atoms with van der Waals surface area (Å²) in [7, 11) is -4.19. The summed E-state index contributed by atoms with van der Waals surface area (Å²) in [5.41, 5.74) is 8.37. The molecule has 1 aromatic rings. The van der Waals surface area contributed by atoms with Crippen molar-refractivity contribution in [1.29, 1.82) is 0 Å². The van der Waals surface area contributed by atoms with Crippen LogP contribution in [-0.2, 0) is 4.57 Å². The predicted octanol–water partition coefficient (Wildman–Crippen LogP) is 1.43. The molecule has 0 aromatic heterocycles. The Kier molecular flexibility index (Phi) is 2.70. The minimum absolute atomic E-state index is 0.0932. The van der Waals surface area contributed by atoms with Crippen LogP contribution in [0.5, 0.6) is 0 Å². The number of nitrogens with zero attached hydrogens (tertiary/aromatic N) is 3. The van der Waals surface area contributed by atoms with Gasteiger partial charge in [0, 0.05) is 10.6 Å². The molecule has 7 heteroatoms. The number of rotatable bonds is 2. The summed E-state index contributed by atoms with van der Waals surface area (Å²) in [6.45, 7) is 0. The number of hydrogen-bond acceptors (Lipinski definition) is 2. The molecule has 0 saturated carbocycles. The first-order valence-corrected chi connectivity index (χ1v) is 4.86. The van der Waals surface area contributed by atoms with Crippen LogP contribution >= 0.6 is 7.60 Å². The highest BCUT2D eigenvalue weighted by atomic mass is 31.2. The van der Waals surface area contributed by atoms with E-state index in [1.807, 2.05) is 0 Å². The first-order valence-electron chi connectivity index (χ1n) is 3.25. The highest BCUT2D eigenvalue weighted by molar-refractivity contribution is 7.60. The minimum atomic E-state index is -4.19. The van der Waals surface area contributed by atoms with E-state index in [1.165, 1.54) is 24.3 Å². The van der Waals surface area contributed by atoms with Gasteiger partial charge in [-0.05, 0) is 17.7 Å². The van der Waals surface area contributed by atoms with Gasteiger partial charge in [-0.25, -0.2) is 0 Å². The van der Waals surface area contributed by atoms with Crippen molar-refractivity contribution in [2.45, 2.75) is 0 Å². The van der Waals surface area contributed by atoms with Gasteiger partial charge in [-0.2, -0.15) is 0 Å². The summed E-state index contributed by atoms with van der Waals surface area (Å²) >= 11 is 0. The average molecular weight is 199 g/mol. The third kappa shape index (κ3) is 2.57. The topological polar surface area (TPSA) is 106 Å². The van der Waals surface area contributed by atoms with Crippen molar-refractivity contribution in [3.05, 3.63) is 34.7 Å². The molecular formula is C6H6N3O3P. The van der Waals surface area contributed by atoms with E-state index < -0.39 is 7.60 Å². The van der Waals surface area contributed by atoms with Crippen molar-refractivity contribution in [1.82, 2.24) is 0 Å². The molecule has 0 spiro atoms. The lowest BCUT2D eigenvalue weighted by Crippen LogP contribution is -2.01. The average Bonchev–Trinajstić information content (AvgIpc) is 2.04. The lowest BCUT2D eigenvalue weighted by Gasteiger charge is -2.02. The lowest BCUT2D eigenvalue weighted by molar-refractivity contribution is 0.387. The zero-order chi connectivity index (χ0) is 9.90. The number of benzene rings is 1. The third-order valence-corrected chi connectivity index (χ3v) is 2.32. The van der Waals surface area contributed by atoms with Crippen LogP contribution in [0.2, 0.25) is 0 Å². The van der Waals surface area contributed by atoms with Crippen LogP contribution < -0.4 is 5.30 Å². The SMILES string of the molecule is [N-]=[N+]=Nc1ccc(P(=O)(O)O)cc1. The van der Waals surface area contributed by atoms with E-state index in [4.69, 9.17) is 15.3 Å².